The van der Waals surface area contributed by atoms with Crippen molar-refractivity contribution < 1.29 is 0 Å². The molecule has 0 spiro atoms. The Balaban J connectivity index is 1.63. The van der Waals surface area contributed by atoms with Crippen molar-refractivity contribution in [1.82, 2.24) is 15.1 Å². The van der Waals surface area contributed by atoms with Gasteiger partial charge in [0.05, 0.1) is 0 Å². The van der Waals surface area contributed by atoms with Crippen molar-refractivity contribution in [2.24, 2.45) is 11.8 Å². The van der Waals surface area contributed by atoms with E-state index in [1.165, 1.54) is 42.8 Å². The van der Waals surface area contributed by atoms with Crippen molar-refractivity contribution in [2.75, 3.05) is 32.7 Å². The van der Waals surface area contributed by atoms with E-state index in [0.717, 1.165) is 24.4 Å². The molecule has 3 atom stereocenters. The van der Waals surface area contributed by atoms with Crippen molar-refractivity contribution in [3.63, 3.8) is 0 Å². The van der Waals surface area contributed by atoms with Crippen LogP contribution in [0.4, 0.5) is 0 Å². The van der Waals surface area contributed by atoms with Gasteiger partial charge in [-0.25, -0.2) is 0 Å². The molecule has 0 radical (unpaired) electrons. The SMILES string of the molecule is CC(C)CN1CC=C(N2C[C@H]3CCN[C@H]3C2)C=C1[AsH2]. The van der Waals surface area contributed by atoms with Gasteiger partial charge < -0.3 is 0 Å². The van der Waals surface area contributed by atoms with Crippen LogP contribution in [-0.2, 0) is 0 Å². The molecule has 106 valence electrons. The summed E-state index contributed by atoms with van der Waals surface area (Å²) in [6.07, 6.45) is 6.19. The van der Waals surface area contributed by atoms with Gasteiger partial charge in [0.25, 0.3) is 0 Å². The maximum atomic E-state index is 3.64. The number of allylic oxidation sites excluding steroid dienone is 1. The van der Waals surface area contributed by atoms with E-state index in [-0.39, 0.29) is 0 Å². The van der Waals surface area contributed by atoms with Crippen LogP contribution in [-0.4, -0.2) is 65.4 Å². The molecule has 0 aromatic rings. The average molecular weight is 323 g/mol. The van der Waals surface area contributed by atoms with Gasteiger partial charge in [-0.05, 0) is 0 Å². The second kappa shape index (κ2) is 5.53. The normalized spacial score (nSPS) is 30.7. The molecular weight excluding hydrogens is 297 g/mol. The van der Waals surface area contributed by atoms with E-state index >= 15 is 0 Å². The molecular formula is C15H26AsN3. The summed E-state index contributed by atoms with van der Waals surface area (Å²) in [5, 5.41) is 3.64. The van der Waals surface area contributed by atoms with Gasteiger partial charge in [0, 0.05) is 0 Å². The van der Waals surface area contributed by atoms with Crippen molar-refractivity contribution in [2.45, 2.75) is 26.3 Å². The Hall–Kier alpha value is -0.402. The van der Waals surface area contributed by atoms with Gasteiger partial charge in [0.15, 0.2) is 0 Å². The van der Waals surface area contributed by atoms with Crippen LogP contribution in [0.5, 0.6) is 0 Å². The van der Waals surface area contributed by atoms with Crippen LogP contribution in [0, 0.1) is 11.8 Å². The average Bonchev–Trinajstić information content (AvgIpc) is 2.91. The third-order valence-corrected chi connectivity index (χ3v) is 5.61. The van der Waals surface area contributed by atoms with Crippen LogP contribution in [0.25, 0.3) is 0 Å². The summed E-state index contributed by atoms with van der Waals surface area (Å²) in [6.45, 7) is 10.6. The van der Waals surface area contributed by atoms with E-state index in [1.807, 2.05) is 0 Å². The van der Waals surface area contributed by atoms with Crippen LogP contribution < -0.4 is 5.32 Å². The van der Waals surface area contributed by atoms with Crippen LogP contribution in [0.2, 0.25) is 0 Å². The molecule has 0 aromatic heterocycles. The van der Waals surface area contributed by atoms with Crippen molar-refractivity contribution >= 4 is 16.9 Å². The maximum absolute atomic E-state index is 3.64. The van der Waals surface area contributed by atoms with Gasteiger partial charge in [0.1, 0.15) is 0 Å². The fourth-order valence-electron chi connectivity index (χ4n) is 3.51. The number of hydrogen-bond donors (Lipinski definition) is 1. The summed E-state index contributed by atoms with van der Waals surface area (Å²) in [4.78, 5) is 5.11. The first-order valence-electron chi connectivity index (χ1n) is 7.54. The molecule has 0 aliphatic carbocycles. The van der Waals surface area contributed by atoms with E-state index in [9.17, 15) is 0 Å². The summed E-state index contributed by atoms with van der Waals surface area (Å²) in [5.41, 5.74) is 1.47. The standard InChI is InChI=1S/C15H26AsN3/c1-11(2)8-18-6-4-13(7-15(18)16)19-9-12-3-5-17-14(12)10-19/h4,7,11-12,14,17H,3,5-6,8-10,16H2,1-2H3/t12-,14+/m1/s1. The minimum absolute atomic E-state index is 0.740. The second-order valence-corrected chi connectivity index (χ2v) is 7.75. The fraction of sp³-hybridized carbons (Fsp3) is 0.733. The molecule has 3 rings (SSSR count). The molecule has 0 amide bonds. The molecule has 3 heterocycles. The molecule has 19 heavy (non-hydrogen) atoms. The second-order valence-electron chi connectivity index (χ2n) is 6.51. The third kappa shape index (κ3) is 2.87. The first kappa shape index (κ1) is 13.6. The molecule has 1 N–H and O–H groups in total. The monoisotopic (exact) mass is 323 g/mol. The van der Waals surface area contributed by atoms with Gasteiger partial charge in [-0.2, -0.15) is 0 Å². The number of fused-ring (bicyclic) bond motifs is 1. The summed E-state index contributed by atoms with van der Waals surface area (Å²) in [6, 6.07) is 0.744. The minimum atomic E-state index is 0.740. The van der Waals surface area contributed by atoms with Crippen molar-refractivity contribution in [3.05, 3.63) is 22.3 Å². The first-order valence-corrected chi connectivity index (χ1v) is 8.75. The topological polar surface area (TPSA) is 18.5 Å². The van der Waals surface area contributed by atoms with E-state index in [0.29, 0.717) is 0 Å². The van der Waals surface area contributed by atoms with Crippen LogP contribution in [0.15, 0.2) is 22.3 Å². The Kier molecular flexibility index (Phi) is 3.95. The van der Waals surface area contributed by atoms with Crippen molar-refractivity contribution in [3.8, 4) is 0 Å². The quantitative estimate of drug-likeness (QED) is 0.768. The van der Waals surface area contributed by atoms with Gasteiger partial charge in [-0.15, -0.1) is 0 Å². The number of rotatable bonds is 3. The summed E-state index contributed by atoms with van der Waals surface area (Å²) in [7, 11) is 0. The number of nitrogens with one attached hydrogen (secondary N) is 1. The van der Waals surface area contributed by atoms with Gasteiger partial charge in [0.2, 0.25) is 0 Å². The molecule has 1 unspecified atom stereocenters. The molecule has 0 aromatic carbocycles. The third-order valence-electron chi connectivity index (χ3n) is 4.50. The van der Waals surface area contributed by atoms with Crippen LogP contribution >= 0.6 is 0 Å². The van der Waals surface area contributed by atoms with E-state index in [2.05, 4.69) is 41.1 Å². The fourth-order valence-corrected chi connectivity index (χ4v) is 4.31. The zero-order chi connectivity index (χ0) is 13.4. The summed E-state index contributed by atoms with van der Waals surface area (Å²) < 4.78 is 1.49. The Bertz CT molecular complexity index is 390. The molecule has 0 bridgehead atoms. The molecule has 2 fully saturated rings. The summed E-state index contributed by atoms with van der Waals surface area (Å²) >= 11 is 1.76. The van der Waals surface area contributed by atoms with Gasteiger partial charge in [-0.1, -0.05) is 0 Å². The molecule has 2 saturated heterocycles. The van der Waals surface area contributed by atoms with Gasteiger partial charge in [-0.3, -0.25) is 0 Å². The van der Waals surface area contributed by atoms with E-state index in [4.69, 9.17) is 0 Å². The van der Waals surface area contributed by atoms with Crippen LogP contribution in [0.3, 0.4) is 0 Å². The predicted octanol–water partition coefficient (Wildman–Crippen LogP) is 0.610. The van der Waals surface area contributed by atoms with E-state index < -0.39 is 0 Å². The van der Waals surface area contributed by atoms with Crippen LogP contribution in [0.1, 0.15) is 20.3 Å². The van der Waals surface area contributed by atoms with Crippen molar-refractivity contribution in [1.29, 1.82) is 0 Å². The Morgan fingerprint density at radius 1 is 1.42 bits per heavy atom. The number of hydrogen-bond acceptors (Lipinski definition) is 3. The number of likely N-dealkylation sites (tertiary alicyclic amines) is 1. The molecule has 4 heteroatoms. The zero-order valence-corrected chi connectivity index (χ0v) is 14.5. The Labute approximate surface area is 125 Å². The Morgan fingerprint density at radius 2 is 2.26 bits per heavy atom. The summed E-state index contributed by atoms with van der Waals surface area (Å²) in [5.74, 6) is 1.62. The number of nitrogens with zero attached hydrogens (tertiary/aromatic N) is 2. The molecule has 3 aliphatic rings. The molecule has 3 nitrogen and oxygen atoms in total. The Morgan fingerprint density at radius 3 is 2.95 bits per heavy atom. The predicted molar refractivity (Wildman–Crippen MR) is 82.6 cm³/mol. The van der Waals surface area contributed by atoms with Gasteiger partial charge >= 0.3 is 125 Å². The molecule has 3 aliphatic heterocycles. The molecule has 0 saturated carbocycles. The first-order chi connectivity index (χ1) is 9.13. The zero-order valence-electron chi connectivity index (χ0n) is 12.1. The van der Waals surface area contributed by atoms with E-state index in [1.54, 1.807) is 16.9 Å².